The third-order valence-corrected chi connectivity index (χ3v) is 3.41. The van der Waals surface area contributed by atoms with Crippen LogP contribution in [0, 0.1) is 6.92 Å². The first-order chi connectivity index (χ1) is 10.7. The van der Waals surface area contributed by atoms with Gasteiger partial charge in [0.15, 0.2) is 0 Å². The summed E-state index contributed by atoms with van der Waals surface area (Å²) in [5.41, 5.74) is 1.87. The maximum absolute atomic E-state index is 11.7. The first-order valence-electron chi connectivity index (χ1n) is 7.50. The van der Waals surface area contributed by atoms with Crippen molar-refractivity contribution in [3.8, 4) is 5.75 Å². The summed E-state index contributed by atoms with van der Waals surface area (Å²) in [5.74, 6) is 1.62. The van der Waals surface area contributed by atoms with Crippen molar-refractivity contribution >= 4 is 5.91 Å². The number of ether oxygens (including phenoxy) is 1. The Labute approximate surface area is 130 Å². The molecular weight excluding hydrogens is 280 g/mol. The first kappa shape index (κ1) is 16.1. The van der Waals surface area contributed by atoms with Gasteiger partial charge in [0, 0.05) is 12.6 Å². The molecule has 2 aromatic rings. The quantitative estimate of drug-likeness (QED) is 0.761. The fraction of sp³-hybridized carbons (Fsp3) is 0.412. The maximum Gasteiger partial charge on any atom is 0.226 e. The van der Waals surface area contributed by atoms with Crippen molar-refractivity contribution in [1.29, 1.82) is 0 Å². The van der Waals surface area contributed by atoms with E-state index in [4.69, 9.17) is 9.26 Å². The van der Waals surface area contributed by atoms with Gasteiger partial charge in [0.1, 0.15) is 11.5 Å². The molecule has 1 N–H and O–H groups in total. The van der Waals surface area contributed by atoms with Crippen LogP contribution in [0.5, 0.6) is 5.75 Å². The van der Waals surface area contributed by atoms with Crippen LogP contribution in [0.1, 0.15) is 29.9 Å². The summed E-state index contributed by atoms with van der Waals surface area (Å²) in [6.45, 7) is 2.48. The highest BCUT2D eigenvalue weighted by atomic mass is 16.5. The van der Waals surface area contributed by atoms with Crippen LogP contribution in [0.3, 0.4) is 0 Å². The van der Waals surface area contributed by atoms with Gasteiger partial charge in [0.05, 0.1) is 19.2 Å². The molecule has 2 rings (SSSR count). The molecule has 1 heterocycles. The molecule has 0 saturated heterocycles. The molecule has 0 atom stereocenters. The number of carbonyl (C=O) groups is 1. The SMILES string of the molecule is COc1ccccc1CCCCNC(=O)Cc1cc(C)on1. The van der Waals surface area contributed by atoms with E-state index in [9.17, 15) is 4.79 Å². The molecule has 1 aromatic carbocycles. The Morgan fingerprint density at radius 2 is 2.14 bits per heavy atom. The van der Waals surface area contributed by atoms with E-state index < -0.39 is 0 Å². The predicted octanol–water partition coefficient (Wildman–Crippen LogP) is 2.67. The number of amides is 1. The summed E-state index contributed by atoms with van der Waals surface area (Å²) in [6.07, 6.45) is 3.15. The molecule has 0 aliphatic rings. The highest BCUT2D eigenvalue weighted by Gasteiger charge is 2.07. The van der Waals surface area contributed by atoms with Gasteiger partial charge in [-0.2, -0.15) is 0 Å². The summed E-state index contributed by atoms with van der Waals surface area (Å²) in [7, 11) is 1.69. The Kier molecular flexibility index (Phi) is 6.01. The topological polar surface area (TPSA) is 64.4 Å². The molecule has 5 heteroatoms. The Hall–Kier alpha value is -2.30. The average molecular weight is 302 g/mol. The van der Waals surface area contributed by atoms with Crippen LogP contribution in [0.25, 0.3) is 0 Å². The number of nitrogens with one attached hydrogen (secondary N) is 1. The summed E-state index contributed by atoms with van der Waals surface area (Å²) in [4.78, 5) is 11.7. The number of hydrogen-bond donors (Lipinski definition) is 1. The molecule has 118 valence electrons. The lowest BCUT2D eigenvalue weighted by molar-refractivity contribution is -0.120. The summed E-state index contributed by atoms with van der Waals surface area (Å²) >= 11 is 0. The lowest BCUT2D eigenvalue weighted by atomic mass is 10.1. The molecular formula is C17H22N2O3. The largest absolute Gasteiger partial charge is 0.496 e. The normalized spacial score (nSPS) is 10.5. The lowest BCUT2D eigenvalue weighted by Crippen LogP contribution is -2.26. The number of para-hydroxylation sites is 1. The molecule has 0 aliphatic heterocycles. The number of carbonyl (C=O) groups excluding carboxylic acids is 1. The summed E-state index contributed by atoms with van der Waals surface area (Å²) in [5, 5.41) is 6.71. The minimum atomic E-state index is -0.0226. The van der Waals surface area contributed by atoms with Crippen LogP contribution < -0.4 is 10.1 Å². The number of unbranched alkanes of at least 4 members (excludes halogenated alkanes) is 1. The molecule has 0 saturated carbocycles. The minimum Gasteiger partial charge on any atom is -0.496 e. The second-order valence-electron chi connectivity index (χ2n) is 5.22. The molecule has 0 radical (unpaired) electrons. The third kappa shape index (κ3) is 4.91. The Morgan fingerprint density at radius 3 is 2.86 bits per heavy atom. The highest BCUT2D eigenvalue weighted by molar-refractivity contribution is 5.77. The van der Waals surface area contributed by atoms with E-state index in [0.29, 0.717) is 12.2 Å². The van der Waals surface area contributed by atoms with Crippen LogP contribution in [0.2, 0.25) is 0 Å². The fourth-order valence-corrected chi connectivity index (χ4v) is 2.31. The van der Waals surface area contributed by atoms with Crippen molar-refractivity contribution < 1.29 is 14.1 Å². The van der Waals surface area contributed by atoms with E-state index in [0.717, 1.165) is 30.8 Å². The van der Waals surface area contributed by atoms with Gasteiger partial charge < -0.3 is 14.6 Å². The van der Waals surface area contributed by atoms with Crippen molar-refractivity contribution in [3.05, 3.63) is 47.3 Å². The van der Waals surface area contributed by atoms with Gasteiger partial charge in [-0.3, -0.25) is 4.79 Å². The average Bonchev–Trinajstić information content (AvgIpc) is 2.92. The van der Waals surface area contributed by atoms with Crippen molar-refractivity contribution in [2.45, 2.75) is 32.6 Å². The van der Waals surface area contributed by atoms with E-state index in [-0.39, 0.29) is 12.3 Å². The molecule has 22 heavy (non-hydrogen) atoms. The summed E-state index contributed by atoms with van der Waals surface area (Å²) < 4.78 is 10.3. The van der Waals surface area contributed by atoms with Crippen LogP contribution in [-0.2, 0) is 17.6 Å². The predicted molar refractivity (Wildman–Crippen MR) is 83.9 cm³/mol. The third-order valence-electron chi connectivity index (χ3n) is 3.41. The number of nitrogens with zero attached hydrogens (tertiary/aromatic N) is 1. The smallest absolute Gasteiger partial charge is 0.226 e. The zero-order valence-electron chi connectivity index (χ0n) is 13.1. The van der Waals surface area contributed by atoms with Gasteiger partial charge in [0.25, 0.3) is 0 Å². The van der Waals surface area contributed by atoms with Crippen molar-refractivity contribution in [2.24, 2.45) is 0 Å². The fourth-order valence-electron chi connectivity index (χ4n) is 2.31. The second kappa shape index (κ2) is 8.22. The van der Waals surface area contributed by atoms with Gasteiger partial charge >= 0.3 is 0 Å². The van der Waals surface area contributed by atoms with E-state index in [1.165, 1.54) is 5.56 Å². The van der Waals surface area contributed by atoms with E-state index >= 15 is 0 Å². The Morgan fingerprint density at radius 1 is 1.32 bits per heavy atom. The molecule has 5 nitrogen and oxygen atoms in total. The minimum absolute atomic E-state index is 0.0226. The lowest BCUT2D eigenvalue weighted by Gasteiger charge is -2.08. The standard InChI is InChI=1S/C17H22N2O3/c1-13-11-15(19-22-13)12-17(20)18-10-6-5-8-14-7-3-4-9-16(14)21-2/h3-4,7,9,11H,5-6,8,10,12H2,1-2H3,(H,18,20). The monoisotopic (exact) mass is 302 g/mol. The molecule has 0 fully saturated rings. The maximum atomic E-state index is 11.7. The number of benzene rings is 1. The van der Waals surface area contributed by atoms with Gasteiger partial charge in [-0.05, 0) is 37.8 Å². The number of aryl methyl sites for hydroxylation is 2. The zero-order chi connectivity index (χ0) is 15.8. The molecule has 1 amide bonds. The van der Waals surface area contributed by atoms with Crippen LogP contribution in [0.15, 0.2) is 34.9 Å². The van der Waals surface area contributed by atoms with Gasteiger partial charge in [-0.15, -0.1) is 0 Å². The second-order valence-corrected chi connectivity index (χ2v) is 5.22. The number of aromatic nitrogens is 1. The number of hydrogen-bond acceptors (Lipinski definition) is 4. The Balaban J connectivity index is 1.64. The summed E-state index contributed by atoms with van der Waals surface area (Å²) in [6, 6.07) is 9.80. The van der Waals surface area contributed by atoms with Crippen LogP contribution in [0.4, 0.5) is 0 Å². The van der Waals surface area contributed by atoms with E-state index in [1.807, 2.05) is 25.1 Å². The van der Waals surface area contributed by atoms with E-state index in [2.05, 4.69) is 16.5 Å². The highest BCUT2D eigenvalue weighted by Crippen LogP contribution is 2.19. The van der Waals surface area contributed by atoms with Crippen molar-refractivity contribution in [2.75, 3.05) is 13.7 Å². The molecule has 0 spiro atoms. The van der Waals surface area contributed by atoms with Gasteiger partial charge in [-0.1, -0.05) is 23.4 Å². The van der Waals surface area contributed by atoms with Gasteiger partial charge in [-0.25, -0.2) is 0 Å². The van der Waals surface area contributed by atoms with Crippen LogP contribution >= 0.6 is 0 Å². The number of methoxy groups -OCH3 is 1. The Bertz CT molecular complexity index is 607. The molecule has 1 aromatic heterocycles. The van der Waals surface area contributed by atoms with Gasteiger partial charge in [0.2, 0.25) is 5.91 Å². The van der Waals surface area contributed by atoms with E-state index in [1.54, 1.807) is 13.2 Å². The molecule has 0 bridgehead atoms. The molecule has 0 unspecified atom stereocenters. The van der Waals surface area contributed by atoms with Crippen LogP contribution in [-0.4, -0.2) is 24.7 Å². The zero-order valence-corrected chi connectivity index (χ0v) is 13.1. The van der Waals surface area contributed by atoms with Crippen molar-refractivity contribution in [3.63, 3.8) is 0 Å². The first-order valence-corrected chi connectivity index (χ1v) is 7.50. The number of rotatable bonds is 8. The molecule has 0 aliphatic carbocycles. The van der Waals surface area contributed by atoms with Crippen molar-refractivity contribution in [1.82, 2.24) is 10.5 Å².